The van der Waals surface area contributed by atoms with Gasteiger partial charge in [0.25, 0.3) is 0 Å². The quantitative estimate of drug-likeness (QED) is 0.758. The minimum atomic E-state index is 0.375. The molecule has 0 bridgehead atoms. The molecule has 1 heterocycles. The van der Waals surface area contributed by atoms with Crippen LogP contribution in [0.25, 0.3) is 0 Å². The number of benzene rings is 1. The molecule has 0 spiro atoms. The average molecular weight is 217 g/mol. The van der Waals surface area contributed by atoms with Crippen LogP contribution in [0.5, 0.6) is 5.75 Å². The summed E-state index contributed by atoms with van der Waals surface area (Å²) in [5.74, 6) is 0.500. The molecule has 1 aromatic rings. The molecule has 2 heteroatoms. The van der Waals surface area contributed by atoms with E-state index in [0.717, 1.165) is 24.9 Å². The molecule has 86 valence electrons. The van der Waals surface area contributed by atoms with Crippen molar-refractivity contribution in [2.75, 3.05) is 6.54 Å². The molecule has 0 saturated carbocycles. The number of aryl methyl sites for hydroxylation is 2. The van der Waals surface area contributed by atoms with Crippen molar-refractivity contribution in [3.05, 3.63) is 28.8 Å². The molecule has 2 aliphatic rings. The Hall–Kier alpha value is -1.02. The van der Waals surface area contributed by atoms with Gasteiger partial charge in [-0.3, -0.25) is 0 Å². The van der Waals surface area contributed by atoms with E-state index in [9.17, 15) is 5.11 Å². The highest BCUT2D eigenvalue weighted by molar-refractivity contribution is 5.45. The maximum absolute atomic E-state index is 10.1. The smallest absolute Gasteiger partial charge is 0.120 e. The van der Waals surface area contributed by atoms with E-state index in [1.165, 1.54) is 36.8 Å². The summed E-state index contributed by atoms with van der Waals surface area (Å²) in [5, 5.41) is 13.6. The van der Waals surface area contributed by atoms with Crippen LogP contribution in [0.15, 0.2) is 12.1 Å². The van der Waals surface area contributed by atoms with Gasteiger partial charge in [0, 0.05) is 11.6 Å². The second-order valence-electron chi connectivity index (χ2n) is 5.04. The molecule has 2 nitrogen and oxygen atoms in total. The number of hydrogen-bond acceptors (Lipinski definition) is 2. The Kier molecular flexibility index (Phi) is 2.60. The van der Waals surface area contributed by atoms with E-state index in [1.54, 1.807) is 0 Å². The zero-order valence-electron chi connectivity index (χ0n) is 9.63. The molecule has 1 atom stereocenters. The number of hydrogen-bond donors (Lipinski definition) is 2. The van der Waals surface area contributed by atoms with Gasteiger partial charge < -0.3 is 10.4 Å². The largest absolute Gasteiger partial charge is 0.508 e. The van der Waals surface area contributed by atoms with E-state index >= 15 is 0 Å². The average Bonchev–Trinajstić information content (AvgIpc) is 2.76. The van der Waals surface area contributed by atoms with Crippen molar-refractivity contribution in [1.82, 2.24) is 5.32 Å². The van der Waals surface area contributed by atoms with Crippen LogP contribution < -0.4 is 5.32 Å². The zero-order valence-corrected chi connectivity index (χ0v) is 9.63. The highest BCUT2D eigenvalue weighted by Gasteiger charge is 2.21. The summed E-state index contributed by atoms with van der Waals surface area (Å²) in [6.45, 7) is 1.08. The Morgan fingerprint density at radius 3 is 2.62 bits per heavy atom. The van der Waals surface area contributed by atoms with Crippen LogP contribution in [0.1, 0.15) is 48.4 Å². The molecule has 1 aliphatic heterocycles. The summed E-state index contributed by atoms with van der Waals surface area (Å²) in [7, 11) is 0. The lowest BCUT2D eigenvalue weighted by Gasteiger charge is -2.25. The number of aromatic hydroxyl groups is 1. The van der Waals surface area contributed by atoms with Crippen LogP contribution in [0.2, 0.25) is 0 Å². The summed E-state index contributed by atoms with van der Waals surface area (Å²) in [6.07, 6.45) is 7.27. The van der Waals surface area contributed by atoms with Gasteiger partial charge in [-0.05, 0) is 55.8 Å². The molecule has 0 aromatic heterocycles. The molecular formula is C14H19NO. The van der Waals surface area contributed by atoms with Crippen LogP contribution in [0.3, 0.4) is 0 Å². The third kappa shape index (κ3) is 1.71. The molecule has 0 amide bonds. The van der Waals surface area contributed by atoms with Crippen LogP contribution in [0, 0.1) is 0 Å². The Morgan fingerprint density at radius 1 is 1.06 bits per heavy atom. The molecule has 1 aromatic carbocycles. The molecular weight excluding hydrogens is 198 g/mol. The minimum Gasteiger partial charge on any atom is -0.508 e. The van der Waals surface area contributed by atoms with E-state index in [4.69, 9.17) is 0 Å². The first-order valence-corrected chi connectivity index (χ1v) is 6.42. The van der Waals surface area contributed by atoms with Gasteiger partial charge in [0.05, 0.1) is 0 Å². The Balaban J connectivity index is 1.94. The van der Waals surface area contributed by atoms with Gasteiger partial charge in [0.1, 0.15) is 5.75 Å². The Morgan fingerprint density at radius 2 is 1.88 bits per heavy atom. The van der Waals surface area contributed by atoms with Crippen molar-refractivity contribution < 1.29 is 5.11 Å². The van der Waals surface area contributed by atoms with Gasteiger partial charge in [-0.15, -0.1) is 0 Å². The highest BCUT2D eigenvalue weighted by atomic mass is 16.3. The van der Waals surface area contributed by atoms with Gasteiger partial charge in [-0.1, -0.05) is 12.5 Å². The third-order valence-corrected chi connectivity index (χ3v) is 3.93. The molecule has 3 rings (SSSR count). The summed E-state index contributed by atoms with van der Waals surface area (Å²) >= 11 is 0. The molecule has 1 fully saturated rings. The number of nitrogens with one attached hydrogen (secondary N) is 1. The lowest BCUT2D eigenvalue weighted by atomic mass is 9.94. The number of rotatable bonds is 1. The maximum atomic E-state index is 10.1. The minimum absolute atomic E-state index is 0.375. The molecule has 2 N–H and O–H groups in total. The first-order chi connectivity index (χ1) is 7.84. The second-order valence-corrected chi connectivity index (χ2v) is 5.04. The topological polar surface area (TPSA) is 32.3 Å². The van der Waals surface area contributed by atoms with Crippen molar-refractivity contribution in [2.24, 2.45) is 0 Å². The summed E-state index contributed by atoms with van der Waals surface area (Å²) in [4.78, 5) is 0. The first-order valence-electron chi connectivity index (χ1n) is 6.42. The van der Waals surface area contributed by atoms with Crippen molar-refractivity contribution in [1.29, 1.82) is 0 Å². The fourth-order valence-corrected chi connectivity index (χ4v) is 3.03. The van der Waals surface area contributed by atoms with Gasteiger partial charge in [0.2, 0.25) is 0 Å². The Bertz CT molecular complexity index is 394. The summed E-state index contributed by atoms with van der Waals surface area (Å²) < 4.78 is 0. The van der Waals surface area contributed by atoms with E-state index in [-0.39, 0.29) is 0 Å². The lowest BCUT2D eigenvalue weighted by Crippen LogP contribution is -2.26. The van der Waals surface area contributed by atoms with E-state index in [0.29, 0.717) is 11.8 Å². The fraction of sp³-hybridized carbons (Fsp3) is 0.571. The Labute approximate surface area is 96.7 Å². The molecule has 16 heavy (non-hydrogen) atoms. The zero-order chi connectivity index (χ0) is 11.0. The fourth-order valence-electron chi connectivity index (χ4n) is 3.03. The SMILES string of the molecule is Oc1cc2c(cc1C1CCCCN1)CCC2. The summed E-state index contributed by atoms with van der Waals surface area (Å²) in [5.41, 5.74) is 3.94. The second kappa shape index (κ2) is 4.10. The lowest BCUT2D eigenvalue weighted by molar-refractivity contribution is 0.390. The molecule has 1 unspecified atom stereocenters. The number of phenols is 1. The van der Waals surface area contributed by atoms with E-state index < -0.39 is 0 Å². The predicted octanol–water partition coefficient (Wildman–Crippen LogP) is 2.70. The van der Waals surface area contributed by atoms with Gasteiger partial charge >= 0.3 is 0 Å². The van der Waals surface area contributed by atoms with Crippen molar-refractivity contribution in [3.8, 4) is 5.75 Å². The number of phenolic OH excluding ortho intramolecular Hbond substituents is 1. The van der Waals surface area contributed by atoms with E-state index in [2.05, 4.69) is 11.4 Å². The third-order valence-electron chi connectivity index (χ3n) is 3.93. The van der Waals surface area contributed by atoms with Crippen molar-refractivity contribution in [2.45, 2.75) is 44.6 Å². The van der Waals surface area contributed by atoms with Gasteiger partial charge in [0.15, 0.2) is 0 Å². The standard InChI is InChI=1S/C14H19NO/c16-14-9-11-5-3-4-10(11)8-12(14)13-6-1-2-7-15-13/h8-9,13,15-16H,1-7H2. The molecule has 1 saturated heterocycles. The van der Waals surface area contributed by atoms with Crippen LogP contribution >= 0.6 is 0 Å². The van der Waals surface area contributed by atoms with Crippen molar-refractivity contribution in [3.63, 3.8) is 0 Å². The number of piperidine rings is 1. The van der Waals surface area contributed by atoms with Crippen molar-refractivity contribution >= 4 is 0 Å². The first kappa shape index (κ1) is 10.2. The normalized spacial score (nSPS) is 24.4. The van der Waals surface area contributed by atoms with Crippen LogP contribution in [0.4, 0.5) is 0 Å². The highest BCUT2D eigenvalue weighted by Crippen LogP contribution is 2.35. The molecule has 1 aliphatic carbocycles. The molecule has 0 radical (unpaired) electrons. The number of fused-ring (bicyclic) bond motifs is 1. The van der Waals surface area contributed by atoms with Gasteiger partial charge in [-0.2, -0.15) is 0 Å². The maximum Gasteiger partial charge on any atom is 0.120 e. The monoisotopic (exact) mass is 217 g/mol. The predicted molar refractivity (Wildman–Crippen MR) is 64.7 cm³/mol. The van der Waals surface area contributed by atoms with E-state index in [1.807, 2.05) is 6.07 Å². The summed E-state index contributed by atoms with van der Waals surface area (Å²) in [6, 6.07) is 4.61. The van der Waals surface area contributed by atoms with Crippen LogP contribution in [-0.2, 0) is 12.8 Å². The van der Waals surface area contributed by atoms with Gasteiger partial charge in [-0.25, -0.2) is 0 Å². The van der Waals surface area contributed by atoms with Crippen LogP contribution in [-0.4, -0.2) is 11.7 Å².